The zero-order valence-electron chi connectivity index (χ0n) is 7.53. The van der Waals surface area contributed by atoms with Gasteiger partial charge in [-0.2, -0.15) is 5.26 Å². The van der Waals surface area contributed by atoms with Gasteiger partial charge >= 0.3 is 0 Å². The first-order valence-corrected chi connectivity index (χ1v) is 4.91. The third-order valence-corrected chi connectivity index (χ3v) is 3.02. The summed E-state index contributed by atoms with van der Waals surface area (Å²) in [5, 5.41) is 10.7. The second kappa shape index (κ2) is 2.86. The summed E-state index contributed by atoms with van der Waals surface area (Å²) in [5.41, 5.74) is 3.15. The van der Waals surface area contributed by atoms with E-state index in [4.69, 9.17) is 5.26 Å². The van der Waals surface area contributed by atoms with E-state index < -0.39 is 0 Å². The van der Waals surface area contributed by atoms with E-state index in [1.54, 1.807) is 11.3 Å². The summed E-state index contributed by atoms with van der Waals surface area (Å²) in [6, 6.07) is 2.16. The Morgan fingerprint density at radius 3 is 3.08 bits per heavy atom. The Kier molecular flexibility index (Phi) is 1.82. The zero-order valence-corrected chi connectivity index (χ0v) is 8.35. The number of hydrogen-bond donors (Lipinski definition) is 0. The van der Waals surface area contributed by atoms with Gasteiger partial charge in [-0.3, -0.25) is 4.40 Å². The molecule has 0 N–H and O–H groups in total. The lowest BCUT2D eigenvalue weighted by atomic mass is 10.3. The number of rotatable bonds is 1. The number of imidazole rings is 1. The molecule has 2 rings (SSSR count). The molecule has 0 fully saturated rings. The SMILES string of the molecule is Cc1nc2scc(C)n2c1CC#N. The third kappa shape index (κ3) is 1.12. The van der Waals surface area contributed by atoms with Gasteiger partial charge in [-0.25, -0.2) is 4.98 Å². The molecular formula is C9H9N3S. The third-order valence-electron chi connectivity index (χ3n) is 2.08. The number of nitrogens with zero attached hydrogens (tertiary/aromatic N) is 3. The molecule has 0 unspecified atom stereocenters. The van der Waals surface area contributed by atoms with Crippen molar-refractivity contribution in [2.75, 3.05) is 0 Å². The summed E-state index contributed by atoms with van der Waals surface area (Å²) >= 11 is 1.62. The van der Waals surface area contributed by atoms with Crippen molar-refractivity contribution in [1.29, 1.82) is 5.26 Å². The van der Waals surface area contributed by atoms with Gasteiger partial charge in [0.05, 0.1) is 23.9 Å². The van der Waals surface area contributed by atoms with Crippen LogP contribution < -0.4 is 0 Å². The van der Waals surface area contributed by atoms with E-state index in [1.165, 1.54) is 0 Å². The second-order valence-electron chi connectivity index (χ2n) is 2.97. The lowest BCUT2D eigenvalue weighted by Crippen LogP contribution is -1.93. The Bertz CT molecular complexity index is 487. The monoisotopic (exact) mass is 191 g/mol. The molecular weight excluding hydrogens is 182 g/mol. The highest BCUT2D eigenvalue weighted by Crippen LogP contribution is 2.20. The van der Waals surface area contributed by atoms with Crippen molar-refractivity contribution in [3.8, 4) is 6.07 Å². The van der Waals surface area contributed by atoms with Crippen molar-refractivity contribution in [2.45, 2.75) is 20.3 Å². The standard InChI is InChI=1S/C9H9N3S/c1-6-5-13-9-11-7(2)8(3-4-10)12(6)9/h5H,3H2,1-2H3. The van der Waals surface area contributed by atoms with Gasteiger partial charge in [-0.1, -0.05) is 0 Å². The van der Waals surface area contributed by atoms with E-state index in [2.05, 4.69) is 20.8 Å². The number of aromatic nitrogens is 2. The van der Waals surface area contributed by atoms with Crippen LogP contribution in [0.2, 0.25) is 0 Å². The lowest BCUT2D eigenvalue weighted by Gasteiger charge is -1.95. The summed E-state index contributed by atoms with van der Waals surface area (Å²) in [7, 11) is 0. The number of nitriles is 1. The molecule has 0 bridgehead atoms. The van der Waals surface area contributed by atoms with Crippen LogP contribution in [-0.4, -0.2) is 9.38 Å². The zero-order chi connectivity index (χ0) is 9.42. The minimum Gasteiger partial charge on any atom is -0.291 e. The van der Waals surface area contributed by atoms with Crippen molar-refractivity contribution in [2.24, 2.45) is 0 Å². The fourth-order valence-corrected chi connectivity index (χ4v) is 2.38. The summed E-state index contributed by atoms with van der Waals surface area (Å²) in [5.74, 6) is 0. The molecule has 0 amide bonds. The Hall–Kier alpha value is -1.34. The minimum atomic E-state index is 0.435. The van der Waals surface area contributed by atoms with Gasteiger partial charge in [0, 0.05) is 11.1 Å². The van der Waals surface area contributed by atoms with Crippen LogP contribution in [-0.2, 0) is 6.42 Å². The highest BCUT2D eigenvalue weighted by Gasteiger charge is 2.10. The molecule has 0 aromatic carbocycles. The molecule has 4 heteroatoms. The Morgan fingerprint density at radius 2 is 2.38 bits per heavy atom. The molecule has 0 aliphatic heterocycles. The Morgan fingerprint density at radius 1 is 1.62 bits per heavy atom. The first-order valence-electron chi connectivity index (χ1n) is 4.03. The van der Waals surface area contributed by atoms with Crippen LogP contribution in [0, 0.1) is 25.2 Å². The molecule has 2 heterocycles. The molecule has 0 aliphatic carbocycles. The highest BCUT2D eigenvalue weighted by atomic mass is 32.1. The van der Waals surface area contributed by atoms with Crippen LogP contribution in [0.5, 0.6) is 0 Å². The van der Waals surface area contributed by atoms with Gasteiger partial charge in [0.15, 0.2) is 4.96 Å². The molecule has 0 aliphatic rings. The van der Waals surface area contributed by atoms with E-state index in [9.17, 15) is 0 Å². The predicted octanol–water partition coefficient (Wildman–Crippen LogP) is 2.08. The lowest BCUT2D eigenvalue weighted by molar-refractivity contribution is 1.01. The maximum atomic E-state index is 8.66. The largest absolute Gasteiger partial charge is 0.291 e. The molecule has 66 valence electrons. The van der Waals surface area contributed by atoms with E-state index >= 15 is 0 Å². The molecule has 0 radical (unpaired) electrons. The van der Waals surface area contributed by atoms with Crippen LogP contribution >= 0.6 is 11.3 Å². The maximum Gasteiger partial charge on any atom is 0.194 e. The summed E-state index contributed by atoms with van der Waals surface area (Å²) in [4.78, 5) is 5.37. The number of thiazole rings is 1. The molecule has 2 aromatic rings. The van der Waals surface area contributed by atoms with Gasteiger partial charge < -0.3 is 0 Å². The van der Waals surface area contributed by atoms with Crippen molar-refractivity contribution in [3.63, 3.8) is 0 Å². The molecule has 2 aromatic heterocycles. The van der Waals surface area contributed by atoms with Gasteiger partial charge in [0.25, 0.3) is 0 Å². The van der Waals surface area contributed by atoms with Gasteiger partial charge in [-0.15, -0.1) is 11.3 Å². The van der Waals surface area contributed by atoms with Crippen LogP contribution in [0.25, 0.3) is 4.96 Å². The quantitative estimate of drug-likeness (QED) is 0.692. The van der Waals surface area contributed by atoms with Gasteiger partial charge in [0.1, 0.15) is 0 Å². The van der Waals surface area contributed by atoms with E-state index in [1.807, 2.05) is 13.8 Å². The average Bonchev–Trinajstić information content (AvgIpc) is 2.57. The van der Waals surface area contributed by atoms with Crippen LogP contribution in [0.4, 0.5) is 0 Å². The fourth-order valence-electron chi connectivity index (χ4n) is 1.45. The molecule has 0 atom stereocenters. The van der Waals surface area contributed by atoms with Crippen molar-refractivity contribution in [1.82, 2.24) is 9.38 Å². The van der Waals surface area contributed by atoms with Crippen LogP contribution in [0.1, 0.15) is 17.1 Å². The molecule has 3 nitrogen and oxygen atoms in total. The van der Waals surface area contributed by atoms with Crippen LogP contribution in [0.15, 0.2) is 5.38 Å². The first-order chi connectivity index (χ1) is 6.24. The number of fused-ring (bicyclic) bond motifs is 1. The smallest absolute Gasteiger partial charge is 0.194 e. The van der Waals surface area contributed by atoms with E-state index in [-0.39, 0.29) is 0 Å². The Balaban J connectivity index is 2.76. The van der Waals surface area contributed by atoms with Gasteiger partial charge in [-0.05, 0) is 13.8 Å². The number of hydrogen-bond acceptors (Lipinski definition) is 3. The van der Waals surface area contributed by atoms with Crippen molar-refractivity contribution >= 4 is 16.3 Å². The molecule has 13 heavy (non-hydrogen) atoms. The van der Waals surface area contributed by atoms with E-state index in [0.717, 1.165) is 22.0 Å². The molecule has 0 saturated carbocycles. The Labute approximate surface area is 80.3 Å². The topological polar surface area (TPSA) is 41.1 Å². The van der Waals surface area contributed by atoms with E-state index in [0.29, 0.717) is 6.42 Å². The van der Waals surface area contributed by atoms with Crippen molar-refractivity contribution < 1.29 is 0 Å². The van der Waals surface area contributed by atoms with Gasteiger partial charge in [0.2, 0.25) is 0 Å². The van der Waals surface area contributed by atoms with Crippen molar-refractivity contribution in [3.05, 3.63) is 22.5 Å². The molecule has 0 saturated heterocycles. The first kappa shape index (κ1) is 8.27. The normalized spacial score (nSPS) is 10.5. The van der Waals surface area contributed by atoms with Crippen LogP contribution in [0.3, 0.4) is 0 Å². The molecule has 0 spiro atoms. The summed E-state index contributed by atoms with van der Waals surface area (Å²) in [6.07, 6.45) is 0.435. The minimum absolute atomic E-state index is 0.435. The summed E-state index contributed by atoms with van der Waals surface area (Å²) < 4.78 is 2.06. The number of aryl methyl sites for hydroxylation is 2. The summed E-state index contributed by atoms with van der Waals surface area (Å²) in [6.45, 7) is 3.98. The highest BCUT2D eigenvalue weighted by molar-refractivity contribution is 7.15. The maximum absolute atomic E-state index is 8.66. The average molecular weight is 191 g/mol. The fraction of sp³-hybridized carbons (Fsp3) is 0.333. The predicted molar refractivity (Wildman–Crippen MR) is 51.9 cm³/mol. The second-order valence-corrected chi connectivity index (χ2v) is 3.81.